The molecule has 0 bridgehead atoms. The quantitative estimate of drug-likeness (QED) is 0.629. The van der Waals surface area contributed by atoms with Gasteiger partial charge in [-0.1, -0.05) is 66.8 Å². The van der Waals surface area contributed by atoms with E-state index in [0.717, 1.165) is 47.9 Å². The van der Waals surface area contributed by atoms with Gasteiger partial charge in [0, 0.05) is 17.6 Å². The molecule has 166 valence electrons. The van der Waals surface area contributed by atoms with Gasteiger partial charge in [0.25, 0.3) is 0 Å². The Morgan fingerprint density at radius 3 is 2.55 bits per heavy atom. The van der Waals surface area contributed by atoms with Crippen LogP contribution in [0.1, 0.15) is 61.3 Å². The zero-order valence-electron chi connectivity index (χ0n) is 18.8. The largest absolute Gasteiger partial charge is 0.352 e. The maximum absolute atomic E-state index is 13.4. The number of benzene rings is 2. The van der Waals surface area contributed by atoms with E-state index in [1.165, 1.54) is 6.42 Å². The van der Waals surface area contributed by atoms with E-state index in [1.807, 2.05) is 57.2 Å². The normalized spacial score (nSPS) is 15.4. The third-order valence-corrected chi connectivity index (χ3v) is 6.44. The number of hydrogen-bond acceptors (Lipinski definition) is 2. The van der Waals surface area contributed by atoms with Crippen molar-refractivity contribution in [3.8, 4) is 0 Å². The van der Waals surface area contributed by atoms with Crippen LogP contribution in [-0.2, 0) is 22.6 Å². The van der Waals surface area contributed by atoms with Crippen LogP contribution in [0.15, 0.2) is 42.5 Å². The van der Waals surface area contributed by atoms with E-state index in [4.69, 9.17) is 11.6 Å². The number of nitrogens with zero attached hydrogens (tertiary/aromatic N) is 1. The third kappa shape index (κ3) is 6.57. The van der Waals surface area contributed by atoms with Crippen molar-refractivity contribution in [1.82, 2.24) is 10.2 Å². The van der Waals surface area contributed by atoms with Crippen LogP contribution >= 0.6 is 11.6 Å². The Bertz CT molecular complexity index is 921. The average Bonchev–Trinajstić information content (AvgIpc) is 2.75. The molecule has 0 heterocycles. The van der Waals surface area contributed by atoms with Gasteiger partial charge in [-0.15, -0.1) is 0 Å². The predicted octanol–water partition coefficient (Wildman–Crippen LogP) is 5.37. The topological polar surface area (TPSA) is 49.4 Å². The number of halogens is 1. The first-order chi connectivity index (χ1) is 14.8. The van der Waals surface area contributed by atoms with E-state index in [9.17, 15) is 9.59 Å². The summed E-state index contributed by atoms with van der Waals surface area (Å²) in [7, 11) is 0. The van der Waals surface area contributed by atoms with Gasteiger partial charge in [0.15, 0.2) is 0 Å². The number of carbonyl (C=O) groups excluding carboxylic acids is 2. The minimum atomic E-state index is -0.557. The van der Waals surface area contributed by atoms with Crippen molar-refractivity contribution in [3.05, 3.63) is 69.7 Å². The lowest BCUT2D eigenvalue weighted by atomic mass is 9.95. The van der Waals surface area contributed by atoms with E-state index >= 15 is 0 Å². The summed E-state index contributed by atoms with van der Waals surface area (Å²) in [5.41, 5.74) is 4.12. The maximum atomic E-state index is 13.4. The molecule has 0 radical (unpaired) electrons. The number of rotatable bonds is 7. The first-order valence-corrected chi connectivity index (χ1v) is 11.6. The second-order valence-corrected chi connectivity index (χ2v) is 9.21. The van der Waals surface area contributed by atoms with E-state index in [-0.39, 0.29) is 24.3 Å². The zero-order valence-corrected chi connectivity index (χ0v) is 19.5. The maximum Gasteiger partial charge on any atom is 0.242 e. The first kappa shape index (κ1) is 23.3. The molecular formula is C26H33ClN2O2. The van der Waals surface area contributed by atoms with Gasteiger partial charge in [-0.05, 0) is 62.4 Å². The molecule has 2 amide bonds. The second-order valence-electron chi connectivity index (χ2n) is 8.78. The van der Waals surface area contributed by atoms with Gasteiger partial charge >= 0.3 is 0 Å². The monoisotopic (exact) mass is 440 g/mol. The molecule has 1 N–H and O–H groups in total. The van der Waals surface area contributed by atoms with E-state index < -0.39 is 6.04 Å². The summed E-state index contributed by atoms with van der Waals surface area (Å²) >= 11 is 6.16. The first-order valence-electron chi connectivity index (χ1n) is 11.2. The molecule has 1 saturated carbocycles. The van der Waals surface area contributed by atoms with Gasteiger partial charge in [-0.25, -0.2) is 0 Å². The standard InChI is InChI=1S/C26H33ClN2O2/c1-18-12-13-19(2)22(14-18)16-25(30)29(17-21-8-7-9-23(27)15-21)20(3)26(31)28-24-10-5-4-6-11-24/h7-9,12-15,20,24H,4-6,10-11,16-17H2,1-3H3,(H,28,31). The fourth-order valence-electron chi connectivity index (χ4n) is 4.24. The molecule has 1 unspecified atom stereocenters. The molecule has 31 heavy (non-hydrogen) atoms. The molecule has 0 aliphatic heterocycles. The second kappa shape index (κ2) is 10.8. The van der Waals surface area contributed by atoms with Crippen LogP contribution in [0.2, 0.25) is 5.02 Å². The molecule has 1 atom stereocenters. The highest BCUT2D eigenvalue weighted by Gasteiger charge is 2.28. The van der Waals surface area contributed by atoms with Crippen LogP contribution in [0.3, 0.4) is 0 Å². The van der Waals surface area contributed by atoms with Crippen molar-refractivity contribution in [1.29, 1.82) is 0 Å². The summed E-state index contributed by atoms with van der Waals surface area (Å²) < 4.78 is 0. The molecule has 0 aromatic heterocycles. The Kier molecular flexibility index (Phi) is 8.14. The lowest BCUT2D eigenvalue weighted by molar-refractivity contribution is -0.140. The molecule has 2 aromatic carbocycles. The lowest BCUT2D eigenvalue weighted by Crippen LogP contribution is -2.50. The molecule has 4 nitrogen and oxygen atoms in total. The van der Waals surface area contributed by atoms with Crippen molar-refractivity contribution >= 4 is 23.4 Å². The van der Waals surface area contributed by atoms with Crippen LogP contribution in [0.5, 0.6) is 0 Å². The summed E-state index contributed by atoms with van der Waals surface area (Å²) in [5.74, 6) is -0.136. The summed E-state index contributed by atoms with van der Waals surface area (Å²) in [5, 5.41) is 3.80. The van der Waals surface area contributed by atoms with Gasteiger partial charge in [-0.2, -0.15) is 0 Å². The van der Waals surface area contributed by atoms with E-state index in [2.05, 4.69) is 11.4 Å². The summed E-state index contributed by atoms with van der Waals surface area (Å²) in [6.45, 7) is 6.22. The SMILES string of the molecule is Cc1ccc(C)c(CC(=O)N(Cc2cccc(Cl)c2)C(C)C(=O)NC2CCCCC2)c1. The molecule has 5 heteroatoms. The number of carbonyl (C=O) groups is 2. The Hall–Kier alpha value is -2.33. The summed E-state index contributed by atoms with van der Waals surface area (Å²) in [4.78, 5) is 28.2. The van der Waals surface area contributed by atoms with Crippen molar-refractivity contribution in [2.45, 2.75) is 77.9 Å². The van der Waals surface area contributed by atoms with Crippen LogP contribution in [0.4, 0.5) is 0 Å². The van der Waals surface area contributed by atoms with Crippen molar-refractivity contribution < 1.29 is 9.59 Å². The van der Waals surface area contributed by atoms with Crippen LogP contribution in [-0.4, -0.2) is 28.8 Å². The van der Waals surface area contributed by atoms with Gasteiger partial charge < -0.3 is 10.2 Å². The van der Waals surface area contributed by atoms with Crippen LogP contribution in [0.25, 0.3) is 0 Å². The van der Waals surface area contributed by atoms with Crippen LogP contribution in [0, 0.1) is 13.8 Å². The van der Waals surface area contributed by atoms with E-state index in [0.29, 0.717) is 11.6 Å². The van der Waals surface area contributed by atoms with Crippen molar-refractivity contribution in [2.24, 2.45) is 0 Å². The molecule has 2 aromatic rings. The zero-order chi connectivity index (χ0) is 22.4. The molecule has 0 saturated heterocycles. The fraction of sp³-hybridized carbons (Fsp3) is 0.462. The Balaban J connectivity index is 1.79. The lowest BCUT2D eigenvalue weighted by Gasteiger charge is -2.31. The number of aryl methyl sites for hydroxylation is 2. The highest BCUT2D eigenvalue weighted by Crippen LogP contribution is 2.20. The number of hydrogen-bond donors (Lipinski definition) is 1. The van der Waals surface area contributed by atoms with Crippen LogP contribution < -0.4 is 5.32 Å². The average molecular weight is 441 g/mol. The minimum absolute atomic E-state index is 0.0556. The van der Waals surface area contributed by atoms with Crippen molar-refractivity contribution in [2.75, 3.05) is 0 Å². The minimum Gasteiger partial charge on any atom is -0.352 e. The number of amides is 2. The highest BCUT2D eigenvalue weighted by molar-refractivity contribution is 6.30. The van der Waals surface area contributed by atoms with Gasteiger partial charge in [0.1, 0.15) is 6.04 Å². The Labute approximate surface area is 191 Å². The Morgan fingerprint density at radius 2 is 1.84 bits per heavy atom. The summed E-state index contributed by atoms with van der Waals surface area (Å²) in [6.07, 6.45) is 5.84. The Morgan fingerprint density at radius 1 is 1.10 bits per heavy atom. The molecule has 1 fully saturated rings. The van der Waals surface area contributed by atoms with E-state index in [1.54, 1.807) is 4.90 Å². The third-order valence-electron chi connectivity index (χ3n) is 6.21. The molecule has 1 aliphatic rings. The number of nitrogens with one attached hydrogen (secondary N) is 1. The molecule has 3 rings (SSSR count). The predicted molar refractivity (Wildman–Crippen MR) is 126 cm³/mol. The molecular weight excluding hydrogens is 408 g/mol. The fourth-order valence-corrected chi connectivity index (χ4v) is 4.45. The van der Waals surface area contributed by atoms with Gasteiger partial charge in [0.2, 0.25) is 11.8 Å². The highest BCUT2D eigenvalue weighted by atomic mass is 35.5. The van der Waals surface area contributed by atoms with Crippen molar-refractivity contribution in [3.63, 3.8) is 0 Å². The summed E-state index contributed by atoms with van der Waals surface area (Å²) in [6, 6.07) is 13.3. The van der Waals surface area contributed by atoms with Gasteiger partial charge in [-0.3, -0.25) is 9.59 Å². The molecule has 0 spiro atoms. The molecule has 1 aliphatic carbocycles. The smallest absolute Gasteiger partial charge is 0.242 e. The van der Waals surface area contributed by atoms with Gasteiger partial charge in [0.05, 0.1) is 6.42 Å².